The second-order valence-corrected chi connectivity index (χ2v) is 4.59. The third-order valence-electron chi connectivity index (χ3n) is 2.30. The van der Waals surface area contributed by atoms with Crippen molar-refractivity contribution in [2.24, 2.45) is 0 Å². The number of hydrogen-bond donors (Lipinski definition) is 2. The molecule has 0 unspecified atom stereocenters. The largest absolute Gasteiger partial charge is 0.318 e. The molecular weight excluding hydrogens is 275 g/mol. The lowest BCUT2D eigenvalue weighted by Crippen LogP contribution is -2.14. The monoisotopic (exact) mass is 284 g/mol. The molecule has 0 aliphatic carbocycles. The van der Waals surface area contributed by atoms with Crippen LogP contribution in [0, 0.1) is 13.8 Å². The molecule has 0 aliphatic rings. The third kappa shape index (κ3) is 2.63. The number of aryl methyl sites for hydroxylation is 2. The van der Waals surface area contributed by atoms with E-state index in [1.807, 2.05) is 6.92 Å². The Morgan fingerprint density at radius 2 is 2.00 bits per heavy atom. The molecule has 5 nitrogen and oxygen atoms in total. The molecule has 0 aliphatic heterocycles. The molecule has 2 aromatic rings. The molecule has 94 valence electrons. The number of halogens is 2. The van der Waals surface area contributed by atoms with Gasteiger partial charge in [0.15, 0.2) is 0 Å². The van der Waals surface area contributed by atoms with Crippen molar-refractivity contribution >= 4 is 34.8 Å². The van der Waals surface area contributed by atoms with Gasteiger partial charge in [0.25, 0.3) is 5.91 Å². The summed E-state index contributed by atoms with van der Waals surface area (Å²) in [5.74, 6) is 0.176. The minimum Gasteiger partial charge on any atom is -0.318 e. The maximum atomic E-state index is 11.8. The Bertz CT molecular complexity index is 609. The first-order chi connectivity index (χ1) is 8.47. The van der Waals surface area contributed by atoms with Crippen molar-refractivity contribution in [1.82, 2.24) is 15.2 Å². The van der Waals surface area contributed by atoms with Crippen molar-refractivity contribution in [1.29, 1.82) is 0 Å². The molecule has 18 heavy (non-hydrogen) atoms. The van der Waals surface area contributed by atoms with Crippen LogP contribution in [-0.2, 0) is 0 Å². The van der Waals surface area contributed by atoms with Gasteiger partial charge in [-0.2, -0.15) is 0 Å². The quantitative estimate of drug-likeness (QED) is 0.891. The average Bonchev–Trinajstić information content (AvgIpc) is 2.73. The second-order valence-electron chi connectivity index (χ2n) is 3.78. The van der Waals surface area contributed by atoms with Gasteiger partial charge in [0.1, 0.15) is 5.82 Å². The number of H-pyrrole nitrogens is 1. The zero-order valence-corrected chi connectivity index (χ0v) is 11.2. The van der Waals surface area contributed by atoms with E-state index < -0.39 is 5.91 Å². The summed E-state index contributed by atoms with van der Waals surface area (Å²) in [5, 5.41) is 9.90. The van der Waals surface area contributed by atoms with Gasteiger partial charge < -0.3 is 5.32 Å². The molecule has 1 heterocycles. The van der Waals surface area contributed by atoms with Crippen LogP contribution < -0.4 is 5.32 Å². The van der Waals surface area contributed by atoms with E-state index in [0.717, 1.165) is 5.56 Å². The Hall–Kier alpha value is -1.59. The topological polar surface area (TPSA) is 70.7 Å². The number of carbonyl (C=O) groups excluding carboxylic acids is 1. The van der Waals surface area contributed by atoms with Gasteiger partial charge in [0, 0.05) is 5.02 Å². The van der Waals surface area contributed by atoms with Crippen molar-refractivity contribution in [2.45, 2.75) is 13.8 Å². The van der Waals surface area contributed by atoms with Crippen molar-refractivity contribution < 1.29 is 4.79 Å². The van der Waals surface area contributed by atoms with E-state index in [2.05, 4.69) is 20.5 Å². The van der Waals surface area contributed by atoms with Crippen LogP contribution in [0.5, 0.6) is 0 Å². The Kier molecular flexibility index (Phi) is 3.54. The smallest absolute Gasteiger partial charge is 0.295 e. The van der Waals surface area contributed by atoms with E-state index in [-0.39, 0.29) is 5.82 Å². The van der Waals surface area contributed by atoms with Gasteiger partial charge in [0.2, 0.25) is 5.82 Å². The zero-order valence-electron chi connectivity index (χ0n) is 9.71. The van der Waals surface area contributed by atoms with Gasteiger partial charge in [-0.05, 0) is 31.5 Å². The highest BCUT2D eigenvalue weighted by atomic mass is 35.5. The van der Waals surface area contributed by atoms with Crippen LogP contribution in [0.15, 0.2) is 12.1 Å². The van der Waals surface area contributed by atoms with Crippen LogP contribution >= 0.6 is 23.2 Å². The van der Waals surface area contributed by atoms with E-state index in [1.165, 1.54) is 0 Å². The minimum absolute atomic E-state index is 0.0558. The van der Waals surface area contributed by atoms with Crippen LogP contribution in [0.25, 0.3) is 0 Å². The number of amides is 1. The summed E-state index contributed by atoms with van der Waals surface area (Å²) in [6.45, 7) is 3.54. The molecule has 2 N–H and O–H groups in total. The van der Waals surface area contributed by atoms with Gasteiger partial charge in [-0.25, -0.2) is 4.98 Å². The Labute approximate surface area is 114 Å². The average molecular weight is 285 g/mol. The Morgan fingerprint density at radius 3 is 2.61 bits per heavy atom. The number of benzene rings is 1. The summed E-state index contributed by atoms with van der Waals surface area (Å²) >= 11 is 12.0. The maximum absolute atomic E-state index is 11.8. The van der Waals surface area contributed by atoms with Gasteiger partial charge in [-0.3, -0.25) is 9.89 Å². The SMILES string of the molecule is Cc1nc(C(=O)Nc2cc(Cl)c(C)cc2Cl)n[nH]1. The number of nitrogens with zero attached hydrogens (tertiary/aromatic N) is 2. The highest BCUT2D eigenvalue weighted by Gasteiger charge is 2.14. The Balaban J connectivity index is 2.24. The van der Waals surface area contributed by atoms with Crippen LogP contribution in [-0.4, -0.2) is 21.1 Å². The van der Waals surface area contributed by atoms with Crippen LogP contribution in [0.1, 0.15) is 22.0 Å². The fraction of sp³-hybridized carbons (Fsp3) is 0.182. The number of carbonyl (C=O) groups is 1. The highest BCUT2D eigenvalue weighted by molar-refractivity contribution is 6.36. The predicted molar refractivity (Wildman–Crippen MR) is 70.3 cm³/mol. The van der Waals surface area contributed by atoms with E-state index in [1.54, 1.807) is 19.1 Å². The molecule has 2 rings (SSSR count). The maximum Gasteiger partial charge on any atom is 0.295 e. The lowest BCUT2D eigenvalue weighted by molar-refractivity contribution is 0.101. The molecule has 0 bridgehead atoms. The Morgan fingerprint density at radius 1 is 1.28 bits per heavy atom. The number of anilines is 1. The zero-order chi connectivity index (χ0) is 13.3. The van der Waals surface area contributed by atoms with Gasteiger partial charge in [0.05, 0.1) is 10.7 Å². The normalized spacial score (nSPS) is 10.4. The van der Waals surface area contributed by atoms with Crippen molar-refractivity contribution in [2.75, 3.05) is 5.32 Å². The number of rotatable bonds is 2. The summed E-state index contributed by atoms with van der Waals surface area (Å²) in [4.78, 5) is 15.7. The van der Waals surface area contributed by atoms with Crippen LogP contribution in [0.3, 0.4) is 0 Å². The van der Waals surface area contributed by atoms with Gasteiger partial charge in [-0.1, -0.05) is 23.2 Å². The standard InChI is InChI=1S/C11H10Cl2N4O/c1-5-3-8(13)9(4-7(5)12)15-11(18)10-14-6(2)16-17-10/h3-4H,1-2H3,(H,15,18)(H,14,16,17). The summed E-state index contributed by atoms with van der Waals surface area (Å²) in [6.07, 6.45) is 0. The third-order valence-corrected chi connectivity index (χ3v) is 3.02. The molecule has 1 aromatic carbocycles. The first kappa shape index (κ1) is 12.9. The minimum atomic E-state index is -0.443. The highest BCUT2D eigenvalue weighted by Crippen LogP contribution is 2.28. The molecule has 1 aromatic heterocycles. The molecule has 1 amide bonds. The number of aromatic amines is 1. The summed E-state index contributed by atoms with van der Waals surface area (Å²) in [5.41, 5.74) is 1.27. The molecule has 0 saturated heterocycles. The predicted octanol–water partition coefficient (Wildman–Crippen LogP) is 2.98. The van der Waals surface area contributed by atoms with Gasteiger partial charge in [-0.15, -0.1) is 5.10 Å². The first-order valence-corrected chi connectivity index (χ1v) is 5.89. The van der Waals surface area contributed by atoms with Crippen LogP contribution in [0.2, 0.25) is 10.0 Å². The summed E-state index contributed by atoms with van der Waals surface area (Å²) < 4.78 is 0. The van der Waals surface area contributed by atoms with Crippen molar-refractivity contribution in [3.8, 4) is 0 Å². The van der Waals surface area contributed by atoms with Gasteiger partial charge >= 0.3 is 0 Å². The lowest BCUT2D eigenvalue weighted by Gasteiger charge is -2.07. The van der Waals surface area contributed by atoms with E-state index >= 15 is 0 Å². The fourth-order valence-corrected chi connectivity index (χ4v) is 1.79. The molecule has 0 saturated carbocycles. The molecule has 0 radical (unpaired) electrons. The molecule has 0 spiro atoms. The molecule has 0 fully saturated rings. The van der Waals surface area contributed by atoms with E-state index in [4.69, 9.17) is 23.2 Å². The van der Waals surface area contributed by atoms with Crippen LogP contribution in [0.4, 0.5) is 5.69 Å². The number of aromatic nitrogens is 3. The number of nitrogens with one attached hydrogen (secondary N) is 2. The fourth-order valence-electron chi connectivity index (χ4n) is 1.36. The number of hydrogen-bond acceptors (Lipinski definition) is 3. The molecular formula is C11H10Cl2N4O. The summed E-state index contributed by atoms with van der Waals surface area (Å²) in [7, 11) is 0. The van der Waals surface area contributed by atoms with Crippen molar-refractivity contribution in [3.63, 3.8) is 0 Å². The lowest BCUT2D eigenvalue weighted by atomic mass is 10.2. The molecule has 7 heteroatoms. The van der Waals surface area contributed by atoms with E-state index in [9.17, 15) is 4.79 Å². The second kappa shape index (κ2) is 4.96. The first-order valence-electron chi connectivity index (χ1n) is 5.13. The van der Waals surface area contributed by atoms with Crippen molar-refractivity contribution in [3.05, 3.63) is 39.4 Å². The molecule has 0 atom stereocenters. The van der Waals surface area contributed by atoms with E-state index in [0.29, 0.717) is 21.6 Å². The summed E-state index contributed by atoms with van der Waals surface area (Å²) in [6, 6.07) is 3.28.